The number of ether oxygens (including phenoxy) is 5. The van der Waals surface area contributed by atoms with E-state index in [0.29, 0.717) is 11.1 Å². The molecule has 10 atom stereocenters. The number of aliphatic hydroxyl groups is 6. The molecule has 0 amide bonds. The van der Waals surface area contributed by atoms with Crippen LogP contribution in [0.2, 0.25) is 0 Å². The van der Waals surface area contributed by atoms with Crippen molar-refractivity contribution in [1.29, 1.82) is 0 Å². The average Bonchev–Trinajstić information content (AvgIpc) is 2.98. The normalized spacial score (nSPS) is 32.0. The first kappa shape index (κ1) is 32.6. The van der Waals surface area contributed by atoms with Crippen LogP contribution in [0.15, 0.2) is 48.5 Å². The summed E-state index contributed by atoms with van der Waals surface area (Å²) in [4.78, 5) is 12.6. The number of benzene rings is 2. The molecule has 2 fully saturated rings. The van der Waals surface area contributed by atoms with Gasteiger partial charge in [0, 0.05) is 6.08 Å². The lowest BCUT2D eigenvalue weighted by molar-refractivity contribution is -0.323. The van der Waals surface area contributed by atoms with Gasteiger partial charge in [-0.2, -0.15) is 0 Å². The number of aliphatic hydroxyl groups excluding tert-OH is 6. The highest BCUT2D eigenvalue weighted by Crippen LogP contribution is 2.29. The van der Waals surface area contributed by atoms with Crippen LogP contribution in [-0.4, -0.2) is 127 Å². The molecule has 0 aliphatic carbocycles. The number of carbonyl (C=O) groups is 1. The van der Waals surface area contributed by atoms with E-state index in [9.17, 15) is 50.8 Å². The summed E-state index contributed by atoms with van der Waals surface area (Å²) < 4.78 is 27.3. The highest BCUT2D eigenvalue weighted by atomic mass is 16.7. The number of esters is 1. The van der Waals surface area contributed by atoms with E-state index >= 15 is 0 Å². The van der Waals surface area contributed by atoms with Gasteiger partial charge in [0.15, 0.2) is 30.2 Å². The highest BCUT2D eigenvalue weighted by Gasteiger charge is 2.48. The Morgan fingerprint density at radius 3 is 2.37 bits per heavy atom. The molecule has 2 aromatic carbocycles. The van der Waals surface area contributed by atoms with E-state index in [2.05, 4.69) is 0 Å². The Morgan fingerprint density at radius 2 is 1.65 bits per heavy atom. The Bertz CT molecular complexity index is 1250. The molecule has 0 spiro atoms. The molecule has 9 N–H and O–H groups in total. The Hall–Kier alpha value is -3.35. The molecular formula is C28H34O15. The van der Waals surface area contributed by atoms with Crippen LogP contribution in [0.1, 0.15) is 17.2 Å². The third kappa shape index (κ3) is 8.18. The summed E-state index contributed by atoms with van der Waals surface area (Å²) in [6.45, 7) is -1.33. The van der Waals surface area contributed by atoms with Gasteiger partial charge in [0.25, 0.3) is 0 Å². The minimum Gasteiger partial charge on any atom is -0.508 e. The number of aromatic hydroxyl groups is 3. The van der Waals surface area contributed by atoms with Crippen LogP contribution in [0.5, 0.6) is 17.2 Å². The summed E-state index contributed by atoms with van der Waals surface area (Å²) in [6.07, 6.45) is -13.1. The van der Waals surface area contributed by atoms with Gasteiger partial charge in [-0.25, -0.2) is 4.79 Å². The van der Waals surface area contributed by atoms with Crippen LogP contribution < -0.4 is 0 Å². The second-order valence-electron chi connectivity index (χ2n) is 10.0. The van der Waals surface area contributed by atoms with Gasteiger partial charge < -0.3 is 69.6 Å². The van der Waals surface area contributed by atoms with Crippen molar-refractivity contribution in [1.82, 2.24) is 0 Å². The van der Waals surface area contributed by atoms with Crippen molar-refractivity contribution in [2.75, 3.05) is 19.8 Å². The number of phenolic OH excluding ortho intramolecular Hbond substituents is 3. The predicted molar refractivity (Wildman–Crippen MR) is 142 cm³/mol. The zero-order valence-corrected chi connectivity index (χ0v) is 22.6. The van der Waals surface area contributed by atoms with Crippen molar-refractivity contribution >= 4 is 12.0 Å². The van der Waals surface area contributed by atoms with E-state index in [1.807, 2.05) is 0 Å². The van der Waals surface area contributed by atoms with E-state index in [-0.39, 0.29) is 18.1 Å². The molecule has 2 aromatic rings. The van der Waals surface area contributed by atoms with Crippen LogP contribution in [-0.2, 0) is 28.5 Å². The molecule has 0 aromatic heterocycles. The first-order valence-electron chi connectivity index (χ1n) is 13.2. The molecule has 0 radical (unpaired) electrons. The summed E-state index contributed by atoms with van der Waals surface area (Å²) in [7, 11) is 0. The minimum absolute atomic E-state index is 0.0937. The fraction of sp³-hybridized carbons (Fsp3) is 0.464. The van der Waals surface area contributed by atoms with Crippen molar-refractivity contribution in [3.05, 3.63) is 59.7 Å². The van der Waals surface area contributed by atoms with Gasteiger partial charge in [0.2, 0.25) is 0 Å². The van der Waals surface area contributed by atoms with Gasteiger partial charge in [-0.05, 0) is 41.5 Å². The molecular weight excluding hydrogens is 576 g/mol. The van der Waals surface area contributed by atoms with E-state index in [0.717, 1.165) is 6.08 Å². The zero-order valence-electron chi connectivity index (χ0n) is 22.6. The Kier molecular flexibility index (Phi) is 10.9. The smallest absolute Gasteiger partial charge is 0.331 e. The van der Waals surface area contributed by atoms with Crippen LogP contribution in [0.4, 0.5) is 0 Å². The van der Waals surface area contributed by atoms with Crippen LogP contribution in [0, 0.1) is 0 Å². The van der Waals surface area contributed by atoms with Crippen LogP contribution >= 0.6 is 0 Å². The molecule has 2 aliphatic rings. The van der Waals surface area contributed by atoms with Crippen molar-refractivity contribution in [2.24, 2.45) is 0 Å². The van der Waals surface area contributed by atoms with E-state index in [4.69, 9.17) is 23.7 Å². The molecule has 43 heavy (non-hydrogen) atoms. The van der Waals surface area contributed by atoms with Crippen LogP contribution in [0.3, 0.4) is 0 Å². The number of rotatable bonds is 10. The number of hydrogen-bond donors (Lipinski definition) is 9. The first-order chi connectivity index (χ1) is 20.4. The molecule has 2 saturated heterocycles. The maximum atomic E-state index is 12.6. The summed E-state index contributed by atoms with van der Waals surface area (Å²) >= 11 is 0. The monoisotopic (exact) mass is 610 g/mol. The first-order valence-corrected chi connectivity index (χ1v) is 13.2. The van der Waals surface area contributed by atoms with Crippen molar-refractivity contribution in [2.45, 2.75) is 61.4 Å². The lowest BCUT2D eigenvalue weighted by Gasteiger charge is -2.42. The van der Waals surface area contributed by atoms with Gasteiger partial charge in [-0.3, -0.25) is 0 Å². The Labute approximate surface area is 245 Å². The molecule has 15 nitrogen and oxygen atoms in total. The third-order valence-corrected chi connectivity index (χ3v) is 6.86. The number of hydrogen-bond acceptors (Lipinski definition) is 15. The average molecular weight is 611 g/mol. The molecule has 0 saturated carbocycles. The fourth-order valence-corrected chi connectivity index (χ4v) is 4.43. The molecule has 0 bridgehead atoms. The second-order valence-corrected chi connectivity index (χ2v) is 10.0. The van der Waals surface area contributed by atoms with Crippen molar-refractivity contribution in [3.63, 3.8) is 0 Å². The standard InChI is InChI=1S/C28H34O15/c29-15-3-1-2-14(9-15)18(32)10-40-28-25(38)23(36)26(43-21(34)7-5-13-4-6-16(30)17(31)8-13)20(42-28)12-41-27-24(37)22(35)19(33)11-39-27/h1-9,18-20,22-33,35-38H,10-12H2/t18-,19-,20-,22+,23-,24-,25-,26-,27+,28+/m1/s1. The Morgan fingerprint density at radius 1 is 0.907 bits per heavy atom. The third-order valence-electron chi connectivity index (χ3n) is 6.86. The van der Waals surface area contributed by atoms with Gasteiger partial charge in [0.05, 0.1) is 19.8 Å². The number of carbonyl (C=O) groups excluding carboxylic acids is 1. The largest absolute Gasteiger partial charge is 0.508 e. The summed E-state index contributed by atoms with van der Waals surface area (Å²) in [6, 6.07) is 9.55. The van der Waals surface area contributed by atoms with Crippen LogP contribution in [0.25, 0.3) is 6.08 Å². The fourth-order valence-electron chi connectivity index (χ4n) is 4.43. The van der Waals surface area contributed by atoms with Gasteiger partial charge in [-0.1, -0.05) is 18.2 Å². The maximum Gasteiger partial charge on any atom is 0.331 e. The SMILES string of the molecule is O=C(C=Cc1ccc(O)c(O)c1)O[C@H]1[C@H](O)[C@@H](O)[C@@H](OC[C@@H](O)c2cccc(O)c2)O[C@@H]1CO[C@@H]1OC[C@@H](O)[C@H](O)[C@H]1O. The van der Waals surface area contributed by atoms with Gasteiger partial charge >= 0.3 is 5.97 Å². The zero-order chi connectivity index (χ0) is 31.3. The minimum atomic E-state index is -1.80. The molecule has 2 heterocycles. The lowest BCUT2D eigenvalue weighted by atomic mass is 9.98. The van der Waals surface area contributed by atoms with Crippen molar-refractivity contribution < 1.29 is 74.4 Å². The second kappa shape index (κ2) is 14.4. The molecule has 4 rings (SSSR count). The topological polar surface area (TPSA) is 245 Å². The lowest BCUT2D eigenvalue weighted by Crippen LogP contribution is -2.61. The van der Waals surface area contributed by atoms with E-state index < -0.39 is 86.3 Å². The molecule has 236 valence electrons. The summed E-state index contributed by atoms with van der Waals surface area (Å²) in [5.41, 5.74) is 0.631. The molecule has 15 heteroatoms. The Balaban J connectivity index is 1.46. The number of phenols is 3. The highest BCUT2D eigenvalue weighted by molar-refractivity contribution is 5.87. The van der Waals surface area contributed by atoms with Crippen molar-refractivity contribution in [3.8, 4) is 17.2 Å². The van der Waals surface area contributed by atoms with Gasteiger partial charge in [-0.15, -0.1) is 0 Å². The summed E-state index contributed by atoms with van der Waals surface area (Å²) in [5, 5.41) is 90.5. The molecule has 2 aliphatic heterocycles. The maximum absolute atomic E-state index is 12.6. The predicted octanol–water partition coefficient (Wildman–Crippen LogP) is -1.62. The summed E-state index contributed by atoms with van der Waals surface area (Å²) in [5.74, 6) is -1.87. The molecule has 0 unspecified atom stereocenters. The van der Waals surface area contributed by atoms with E-state index in [1.54, 1.807) is 0 Å². The quantitative estimate of drug-likeness (QED) is 0.0834. The van der Waals surface area contributed by atoms with E-state index in [1.165, 1.54) is 48.5 Å². The van der Waals surface area contributed by atoms with Gasteiger partial charge in [0.1, 0.15) is 48.5 Å².